The van der Waals surface area contributed by atoms with E-state index in [4.69, 9.17) is 5.73 Å². The van der Waals surface area contributed by atoms with E-state index < -0.39 is 0 Å². The lowest BCUT2D eigenvalue weighted by atomic mass is 10.2. The highest BCUT2D eigenvalue weighted by molar-refractivity contribution is 4.82. The SMILES string of the molecule is C[C@H]1NCC[C@@H]1N. The van der Waals surface area contributed by atoms with Gasteiger partial charge in [0.15, 0.2) is 0 Å². The van der Waals surface area contributed by atoms with Gasteiger partial charge in [0.2, 0.25) is 0 Å². The summed E-state index contributed by atoms with van der Waals surface area (Å²) < 4.78 is 0. The van der Waals surface area contributed by atoms with E-state index in [9.17, 15) is 0 Å². The van der Waals surface area contributed by atoms with Gasteiger partial charge in [-0.25, -0.2) is 0 Å². The van der Waals surface area contributed by atoms with Gasteiger partial charge in [-0.05, 0) is 19.9 Å². The van der Waals surface area contributed by atoms with E-state index in [0.717, 1.165) is 13.0 Å². The Morgan fingerprint density at radius 1 is 1.71 bits per heavy atom. The maximum atomic E-state index is 5.62. The Labute approximate surface area is 44.1 Å². The van der Waals surface area contributed by atoms with Crippen molar-refractivity contribution in [3.63, 3.8) is 0 Å². The molecule has 0 spiro atoms. The molecule has 7 heavy (non-hydrogen) atoms. The van der Waals surface area contributed by atoms with E-state index >= 15 is 0 Å². The summed E-state index contributed by atoms with van der Waals surface area (Å²) in [6, 6.07) is 0.944. The van der Waals surface area contributed by atoms with Crippen LogP contribution >= 0.6 is 0 Å². The Morgan fingerprint density at radius 2 is 2.43 bits per heavy atom. The quantitative estimate of drug-likeness (QED) is 0.438. The van der Waals surface area contributed by atoms with Gasteiger partial charge in [0.1, 0.15) is 0 Å². The molecule has 2 nitrogen and oxygen atoms in total. The summed E-state index contributed by atoms with van der Waals surface area (Å²) in [4.78, 5) is 0. The zero-order chi connectivity index (χ0) is 5.28. The first-order chi connectivity index (χ1) is 3.30. The Bertz CT molecular complexity index is 55.1. The van der Waals surface area contributed by atoms with Crippen LogP contribution in [0.3, 0.4) is 0 Å². The van der Waals surface area contributed by atoms with Gasteiger partial charge in [0, 0.05) is 12.1 Å². The molecule has 0 aromatic rings. The van der Waals surface area contributed by atoms with Crippen LogP contribution in [0.4, 0.5) is 0 Å². The van der Waals surface area contributed by atoms with Crippen LogP contribution in [-0.2, 0) is 0 Å². The van der Waals surface area contributed by atoms with Crippen LogP contribution in [0.5, 0.6) is 0 Å². The summed E-state index contributed by atoms with van der Waals surface area (Å²) >= 11 is 0. The molecule has 1 aliphatic heterocycles. The van der Waals surface area contributed by atoms with Crippen LogP contribution in [0.2, 0.25) is 0 Å². The minimum atomic E-state index is 0.403. The third-order valence-electron chi connectivity index (χ3n) is 1.59. The van der Waals surface area contributed by atoms with Crippen LogP contribution in [0, 0.1) is 0 Å². The molecule has 0 radical (unpaired) electrons. The normalized spacial score (nSPS) is 42.0. The molecule has 1 saturated heterocycles. The number of nitrogens with one attached hydrogen (secondary N) is 1. The topological polar surface area (TPSA) is 38.0 Å². The zero-order valence-electron chi connectivity index (χ0n) is 4.65. The number of hydrogen-bond acceptors (Lipinski definition) is 2. The van der Waals surface area contributed by atoms with E-state index in [1.165, 1.54) is 0 Å². The second-order valence-corrected chi connectivity index (χ2v) is 2.20. The Balaban J connectivity index is 2.33. The van der Waals surface area contributed by atoms with E-state index in [2.05, 4.69) is 12.2 Å². The first kappa shape index (κ1) is 5.06. The van der Waals surface area contributed by atoms with Crippen LogP contribution in [-0.4, -0.2) is 18.6 Å². The van der Waals surface area contributed by atoms with Crippen molar-refractivity contribution in [2.75, 3.05) is 6.54 Å². The molecule has 2 heteroatoms. The fourth-order valence-electron chi connectivity index (χ4n) is 0.879. The van der Waals surface area contributed by atoms with Gasteiger partial charge in [-0.1, -0.05) is 0 Å². The lowest BCUT2D eigenvalue weighted by molar-refractivity contribution is 0.587. The molecule has 1 heterocycles. The largest absolute Gasteiger partial charge is 0.326 e. The van der Waals surface area contributed by atoms with E-state index in [1.807, 2.05) is 0 Å². The number of nitrogens with two attached hydrogens (primary N) is 1. The molecule has 1 fully saturated rings. The molecule has 0 saturated carbocycles. The van der Waals surface area contributed by atoms with Crippen LogP contribution in [0.1, 0.15) is 13.3 Å². The highest BCUT2D eigenvalue weighted by Crippen LogP contribution is 2.00. The van der Waals surface area contributed by atoms with Crippen molar-refractivity contribution in [2.45, 2.75) is 25.4 Å². The molecule has 0 aromatic heterocycles. The van der Waals surface area contributed by atoms with Crippen LogP contribution < -0.4 is 11.1 Å². The van der Waals surface area contributed by atoms with Crippen molar-refractivity contribution >= 4 is 0 Å². The maximum Gasteiger partial charge on any atom is 0.0203 e. The van der Waals surface area contributed by atoms with Gasteiger partial charge in [0.05, 0.1) is 0 Å². The van der Waals surface area contributed by atoms with Crippen molar-refractivity contribution in [3.8, 4) is 0 Å². The Morgan fingerprint density at radius 3 is 2.57 bits per heavy atom. The molecule has 2 atom stereocenters. The predicted octanol–water partition coefficient (Wildman–Crippen LogP) is -0.305. The summed E-state index contributed by atoms with van der Waals surface area (Å²) in [6.45, 7) is 3.22. The summed E-state index contributed by atoms with van der Waals surface area (Å²) in [6.07, 6.45) is 1.14. The highest BCUT2D eigenvalue weighted by atomic mass is 15.0. The third kappa shape index (κ3) is 0.924. The molecule has 42 valence electrons. The smallest absolute Gasteiger partial charge is 0.0203 e. The van der Waals surface area contributed by atoms with Crippen molar-refractivity contribution in [3.05, 3.63) is 0 Å². The fraction of sp³-hybridized carbons (Fsp3) is 1.00. The first-order valence-corrected chi connectivity index (χ1v) is 2.79. The summed E-state index contributed by atoms with van der Waals surface area (Å²) in [5, 5.41) is 3.24. The molecule has 0 aliphatic carbocycles. The standard InChI is InChI=1S/C5H12N2/c1-4-5(6)2-3-7-4/h4-5,7H,2-3,6H2,1H3/t4-,5+/m1/s1. The van der Waals surface area contributed by atoms with Gasteiger partial charge in [-0.3, -0.25) is 0 Å². The van der Waals surface area contributed by atoms with E-state index in [1.54, 1.807) is 0 Å². The number of hydrogen-bond donors (Lipinski definition) is 2. The van der Waals surface area contributed by atoms with Crippen molar-refractivity contribution in [1.29, 1.82) is 0 Å². The fourth-order valence-corrected chi connectivity index (χ4v) is 0.879. The molecule has 1 aliphatic rings. The van der Waals surface area contributed by atoms with Gasteiger partial charge in [0.25, 0.3) is 0 Å². The van der Waals surface area contributed by atoms with Gasteiger partial charge < -0.3 is 11.1 Å². The van der Waals surface area contributed by atoms with Crippen LogP contribution in [0.25, 0.3) is 0 Å². The molecule has 0 bridgehead atoms. The molecule has 0 aromatic carbocycles. The average Bonchev–Trinajstić information content (AvgIpc) is 1.91. The summed E-state index contributed by atoms with van der Waals surface area (Å²) in [7, 11) is 0. The monoisotopic (exact) mass is 100 g/mol. The van der Waals surface area contributed by atoms with Crippen molar-refractivity contribution in [1.82, 2.24) is 5.32 Å². The van der Waals surface area contributed by atoms with E-state index in [-0.39, 0.29) is 0 Å². The van der Waals surface area contributed by atoms with Crippen molar-refractivity contribution in [2.24, 2.45) is 5.73 Å². The van der Waals surface area contributed by atoms with Gasteiger partial charge in [-0.15, -0.1) is 0 Å². The maximum absolute atomic E-state index is 5.62. The Kier molecular flexibility index (Phi) is 1.30. The Hall–Kier alpha value is -0.0800. The summed E-state index contributed by atoms with van der Waals surface area (Å²) in [5.74, 6) is 0. The summed E-state index contributed by atoms with van der Waals surface area (Å²) in [5.41, 5.74) is 5.62. The molecular formula is C5H12N2. The predicted molar refractivity (Wildman–Crippen MR) is 30.1 cm³/mol. The van der Waals surface area contributed by atoms with Crippen LogP contribution in [0.15, 0.2) is 0 Å². The van der Waals surface area contributed by atoms with Gasteiger partial charge >= 0.3 is 0 Å². The molecule has 0 unspecified atom stereocenters. The lowest BCUT2D eigenvalue weighted by Gasteiger charge is -2.06. The van der Waals surface area contributed by atoms with Crippen molar-refractivity contribution < 1.29 is 0 Å². The zero-order valence-corrected chi connectivity index (χ0v) is 4.65. The molecule has 0 amide bonds. The minimum Gasteiger partial charge on any atom is -0.326 e. The second kappa shape index (κ2) is 1.80. The molecular weight excluding hydrogens is 88.1 g/mol. The minimum absolute atomic E-state index is 0.403. The van der Waals surface area contributed by atoms with Gasteiger partial charge in [-0.2, -0.15) is 0 Å². The lowest BCUT2D eigenvalue weighted by Crippen LogP contribution is -2.32. The number of rotatable bonds is 0. The average molecular weight is 100 g/mol. The molecule has 3 N–H and O–H groups in total. The van der Waals surface area contributed by atoms with E-state index in [0.29, 0.717) is 12.1 Å². The third-order valence-corrected chi connectivity index (χ3v) is 1.59. The molecule has 1 rings (SSSR count). The highest BCUT2D eigenvalue weighted by Gasteiger charge is 2.17. The first-order valence-electron chi connectivity index (χ1n) is 2.79. The second-order valence-electron chi connectivity index (χ2n) is 2.20.